The number of benzene rings is 2. The van der Waals surface area contributed by atoms with Crippen LogP contribution in [0.1, 0.15) is 22.8 Å². The van der Waals surface area contributed by atoms with Crippen LogP contribution < -0.4 is 9.62 Å². The van der Waals surface area contributed by atoms with Crippen LogP contribution in [0.4, 0.5) is 11.4 Å². The van der Waals surface area contributed by atoms with Gasteiger partial charge in [-0.25, -0.2) is 8.42 Å². The van der Waals surface area contributed by atoms with Crippen LogP contribution in [0.3, 0.4) is 0 Å². The van der Waals surface area contributed by atoms with Crippen molar-refractivity contribution in [2.45, 2.75) is 13.3 Å². The van der Waals surface area contributed by atoms with E-state index in [-0.39, 0.29) is 12.5 Å². The molecule has 0 heterocycles. The van der Waals surface area contributed by atoms with Crippen molar-refractivity contribution in [1.29, 1.82) is 0 Å². The zero-order valence-electron chi connectivity index (χ0n) is 14.4. The number of anilines is 2. The molecule has 1 N–H and O–H groups in total. The van der Waals surface area contributed by atoms with Crippen LogP contribution >= 0.6 is 0 Å². The molecule has 0 aromatic heterocycles. The van der Waals surface area contributed by atoms with Crippen molar-refractivity contribution >= 4 is 27.3 Å². The highest BCUT2D eigenvalue weighted by atomic mass is 32.2. The van der Waals surface area contributed by atoms with Crippen molar-refractivity contribution < 1.29 is 13.2 Å². The van der Waals surface area contributed by atoms with Crippen LogP contribution in [0.15, 0.2) is 61.2 Å². The summed E-state index contributed by atoms with van der Waals surface area (Å²) in [7, 11) is -3.41. The van der Waals surface area contributed by atoms with Crippen LogP contribution in [-0.4, -0.2) is 27.1 Å². The molecule has 0 atom stereocenters. The second-order valence-electron chi connectivity index (χ2n) is 5.63. The highest BCUT2D eigenvalue weighted by Gasteiger charge is 2.16. The van der Waals surface area contributed by atoms with Gasteiger partial charge in [0.2, 0.25) is 10.0 Å². The lowest BCUT2D eigenvalue weighted by molar-refractivity contribution is 0.102. The van der Waals surface area contributed by atoms with Gasteiger partial charge in [0.15, 0.2) is 0 Å². The number of hydrogen-bond donors (Lipinski definition) is 1. The average Bonchev–Trinajstić information content (AvgIpc) is 2.59. The zero-order chi connectivity index (χ0) is 18.4. The number of carbonyl (C=O) groups excluding carboxylic acids is 1. The highest BCUT2D eigenvalue weighted by molar-refractivity contribution is 7.92. The van der Waals surface area contributed by atoms with E-state index in [4.69, 9.17) is 0 Å². The summed E-state index contributed by atoms with van der Waals surface area (Å²) in [6, 6.07) is 14.1. The molecule has 2 aromatic carbocycles. The molecule has 6 heteroatoms. The summed E-state index contributed by atoms with van der Waals surface area (Å²) in [6.45, 7) is 5.82. The second-order valence-corrected chi connectivity index (χ2v) is 7.54. The fourth-order valence-electron chi connectivity index (χ4n) is 2.36. The Morgan fingerprint density at radius 2 is 1.72 bits per heavy atom. The standard InChI is InChI=1S/C19H22N2O3S/c1-4-14-21(25(3,23)24)18-12-8-16(9-13-18)19(22)20-17-10-6-15(5-2)7-11-17/h4,6-13H,1,5,14H2,2-3H3,(H,20,22). The third kappa shape index (κ3) is 4.93. The molecule has 5 nitrogen and oxygen atoms in total. The Morgan fingerprint density at radius 1 is 1.12 bits per heavy atom. The van der Waals surface area contributed by atoms with Gasteiger partial charge in [0.25, 0.3) is 5.91 Å². The Labute approximate surface area is 149 Å². The molecule has 0 spiro atoms. The molecular formula is C19H22N2O3S. The lowest BCUT2D eigenvalue weighted by Crippen LogP contribution is -2.29. The molecule has 2 aromatic rings. The summed E-state index contributed by atoms with van der Waals surface area (Å²) >= 11 is 0. The molecule has 1 amide bonds. The van der Waals surface area contributed by atoms with Gasteiger partial charge in [-0.1, -0.05) is 25.1 Å². The summed E-state index contributed by atoms with van der Waals surface area (Å²) in [5.74, 6) is -0.245. The Hall–Kier alpha value is -2.60. The van der Waals surface area contributed by atoms with E-state index >= 15 is 0 Å². The first-order valence-corrected chi connectivity index (χ1v) is 9.79. The molecule has 0 aliphatic rings. The van der Waals surface area contributed by atoms with Gasteiger partial charge in [-0.05, 0) is 48.4 Å². The minimum atomic E-state index is -3.41. The van der Waals surface area contributed by atoms with Crippen molar-refractivity contribution in [2.24, 2.45) is 0 Å². The van der Waals surface area contributed by atoms with Crippen molar-refractivity contribution in [1.82, 2.24) is 0 Å². The molecule has 132 valence electrons. The summed E-state index contributed by atoms with van der Waals surface area (Å²) in [5, 5.41) is 2.83. The molecule has 0 aliphatic carbocycles. The molecular weight excluding hydrogens is 336 g/mol. The quantitative estimate of drug-likeness (QED) is 0.771. The second kappa shape index (κ2) is 7.98. The Kier molecular flexibility index (Phi) is 5.98. The molecule has 25 heavy (non-hydrogen) atoms. The summed E-state index contributed by atoms with van der Waals surface area (Å²) < 4.78 is 24.9. The number of nitrogens with zero attached hydrogens (tertiary/aromatic N) is 1. The van der Waals surface area contributed by atoms with Gasteiger partial charge in [0.1, 0.15) is 0 Å². The lowest BCUT2D eigenvalue weighted by Gasteiger charge is -2.20. The minimum absolute atomic E-state index is 0.175. The van der Waals surface area contributed by atoms with Gasteiger partial charge in [-0.15, -0.1) is 6.58 Å². The van der Waals surface area contributed by atoms with Crippen LogP contribution in [0.2, 0.25) is 0 Å². The first-order valence-electron chi connectivity index (χ1n) is 7.94. The van der Waals surface area contributed by atoms with Crippen molar-refractivity contribution in [3.05, 3.63) is 72.3 Å². The molecule has 0 saturated heterocycles. The smallest absolute Gasteiger partial charge is 0.255 e. The zero-order valence-corrected chi connectivity index (χ0v) is 15.2. The van der Waals surface area contributed by atoms with Crippen molar-refractivity contribution in [3.8, 4) is 0 Å². The molecule has 2 rings (SSSR count). The summed E-state index contributed by atoms with van der Waals surface area (Å²) in [4.78, 5) is 12.3. The largest absolute Gasteiger partial charge is 0.322 e. The van der Waals surface area contributed by atoms with Crippen molar-refractivity contribution in [3.63, 3.8) is 0 Å². The van der Waals surface area contributed by atoms with Crippen molar-refractivity contribution in [2.75, 3.05) is 22.4 Å². The van der Waals surface area contributed by atoms with E-state index < -0.39 is 10.0 Å². The number of rotatable bonds is 7. The molecule has 0 bridgehead atoms. The maximum absolute atomic E-state index is 12.3. The number of amides is 1. The third-order valence-electron chi connectivity index (χ3n) is 3.73. The van der Waals surface area contributed by atoms with Gasteiger partial charge >= 0.3 is 0 Å². The molecule has 0 saturated carbocycles. The van der Waals surface area contributed by atoms with Gasteiger partial charge in [-0.3, -0.25) is 9.10 Å². The molecule has 0 aliphatic heterocycles. The normalized spacial score (nSPS) is 11.0. The van der Waals surface area contributed by atoms with E-state index in [1.54, 1.807) is 24.3 Å². The SMILES string of the molecule is C=CCN(c1ccc(C(=O)Nc2ccc(CC)cc2)cc1)S(C)(=O)=O. The first-order chi connectivity index (χ1) is 11.8. The molecule has 0 radical (unpaired) electrons. The molecule has 0 fully saturated rings. The maximum Gasteiger partial charge on any atom is 0.255 e. The number of hydrogen-bond acceptors (Lipinski definition) is 3. The van der Waals surface area contributed by atoms with E-state index in [1.807, 2.05) is 24.3 Å². The van der Waals surface area contributed by atoms with E-state index in [9.17, 15) is 13.2 Å². The minimum Gasteiger partial charge on any atom is -0.322 e. The van der Waals surface area contributed by atoms with Crippen LogP contribution in [0.25, 0.3) is 0 Å². The highest BCUT2D eigenvalue weighted by Crippen LogP contribution is 2.19. The van der Waals surface area contributed by atoms with E-state index in [2.05, 4.69) is 18.8 Å². The topological polar surface area (TPSA) is 66.5 Å². The predicted octanol–water partition coefficient (Wildman–Crippen LogP) is 3.45. The van der Waals surface area contributed by atoms with Gasteiger partial charge in [0, 0.05) is 11.3 Å². The van der Waals surface area contributed by atoms with Crippen LogP contribution in [-0.2, 0) is 16.4 Å². The Bertz CT molecular complexity index is 841. The third-order valence-corrected chi connectivity index (χ3v) is 4.89. The number of nitrogens with one attached hydrogen (secondary N) is 1. The Morgan fingerprint density at radius 3 is 2.20 bits per heavy atom. The summed E-state index contributed by atoms with van der Waals surface area (Å²) in [6.07, 6.45) is 3.59. The van der Waals surface area contributed by atoms with E-state index in [1.165, 1.54) is 15.9 Å². The number of sulfonamides is 1. The predicted molar refractivity (Wildman–Crippen MR) is 103 cm³/mol. The fraction of sp³-hybridized carbons (Fsp3) is 0.211. The molecule has 0 unspecified atom stereocenters. The van der Waals surface area contributed by atoms with Crippen LogP contribution in [0, 0.1) is 0 Å². The van der Waals surface area contributed by atoms with Gasteiger partial charge in [0.05, 0.1) is 18.5 Å². The Balaban J connectivity index is 2.15. The van der Waals surface area contributed by atoms with E-state index in [0.717, 1.165) is 18.4 Å². The lowest BCUT2D eigenvalue weighted by atomic mass is 10.1. The van der Waals surface area contributed by atoms with E-state index in [0.29, 0.717) is 11.3 Å². The monoisotopic (exact) mass is 358 g/mol. The maximum atomic E-state index is 12.3. The fourth-order valence-corrected chi connectivity index (χ4v) is 3.24. The average molecular weight is 358 g/mol. The van der Waals surface area contributed by atoms with Crippen LogP contribution in [0.5, 0.6) is 0 Å². The summed E-state index contributed by atoms with van der Waals surface area (Å²) in [5.41, 5.74) is 2.86. The van der Waals surface area contributed by atoms with Gasteiger partial charge < -0.3 is 5.32 Å². The first kappa shape index (κ1) is 18.7. The number of aryl methyl sites for hydroxylation is 1. The van der Waals surface area contributed by atoms with Gasteiger partial charge in [-0.2, -0.15) is 0 Å². The number of carbonyl (C=O) groups is 1.